The van der Waals surface area contributed by atoms with Crippen molar-refractivity contribution in [3.05, 3.63) is 52.5 Å². The third kappa shape index (κ3) is 4.30. The lowest BCUT2D eigenvalue weighted by atomic mass is 10.1. The second-order valence-electron chi connectivity index (χ2n) is 7.15. The van der Waals surface area contributed by atoms with E-state index in [1.54, 1.807) is 31.3 Å². The number of piperazine rings is 1. The molecule has 32 heavy (non-hydrogen) atoms. The fourth-order valence-corrected chi connectivity index (χ4v) is 3.75. The Morgan fingerprint density at radius 2 is 1.94 bits per heavy atom. The molecule has 166 valence electrons. The second-order valence-corrected chi connectivity index (χ2v) is 7.98. The van der Waals surface area contributed by atoms with Crippen LogP contribution in [0.15, 0.2) is 36.7 Å². The SMILES string of the molecule is Cc1ccn(CC(C(=O)O)N2CC(=O)N(c3cc(Cl)ccc3-n3cc(Cl)nn3)CC2=O)n1. The van der Waals surface area contributed by atoms with Crippen molar-refractivity contribution in [2.75, 3.05) is 18.0 Å². The van der Waals surface area contributed by atoms with E-state index in [-0.39, 0.29) is 18.2 Å². The third-order valence-corrected chi connectivity index (χ3v) is 5.36. The summed E-state index contributed by atoms with van der Waals surface area (Å²) in [6.45, 7) is 0.906. The van der Waals surface area contributed by atoms with Crippen molar-refractivity contribution >= 4 is 46.7 Å². The van der Waals surface area contributed by atoms with Crippen molar-refractivity contribution in [2.24, 2.45) is 0 Å². The molecule has 2 aromatic heterocycles. The van der Waals surface area contributed by atoms with Crippen molar-refractivity contribution in [1.82, 2.24) is 29.7 Å². The van der Waals surface area contributed by atoms with Gasteiger partial charge in [-0.2, -0.15) is 5.10 Å². The third-order valence-electron chi connectivity index (χ3n) is 4.96. The van der Waals surface area contributed by atoms with Crippen LogP contribution < -0.4 is 4.90 Å². The summed E-state index contributed by atoms with van der Waals surface area (Å²) in [7, 11) is 0. The molecule has 13 heteroatoms. The predicted octanol–water partition coefficient (Wildman–Crippen LogP) is 1.41. The number of aliphatic carboxylic acids is 1. The van der Waals surface area contributed by atoms with Crippen LogP contribution in [0.2, 0.25) is 10.2 Å². The number of rotatable bonds is 6. The number of hydrogen-bond acceptors (Lipinski definition) is 6. The van der Waals surface area contributed by atoms with E-state index >= 15 is 0 Å². The largest absolute Gasteiger partial charge is 0.480 e. The molecule has 0 bridgehead atoms. The molecule has 4 rings (SSSR count). The number of aryl methyl sites for hydroxylation is 1. The van der Waals surface area contributed by atoms with E-state index < -0.39 is 30.4 Å². The molecular formula is C19H17Cl2N7O4. The Hall–Kier alpha value is -3.44. The van der Waals surface area contributed by atoms with Gasteiger partial charge in [0.25, 0.3) is 0 Å². The number of amides is 2. The van der Waals surface area contributed by atoms with Gasteiger partial charge in [0.2, 0.25) is 11.8 Å². The maximum Gasteiger partial charge on any atom is 0.328 e. The molecular weight excluding hydrogens is 461 g/mol. The first-order valence-corrected chi connectivity index (χ1v) is 10.2. The first-order chi connectivity index (χ1) is 15.2. The van der Waals surface area contributed by atoms with E-state index in [1.807, 2.05) is 0 Å². The Kier molecular flexibility index (Phi) is 5.85. The average molecular weight is 478 g/mol. The van der Waals surface area contributed by atoms with Gasteiger partial charge in [-0.3, -0.25) is 19.2 Å². The lowest BCUT2D eigenvalue weighted by molar-refractivity contribution is -0.153. The van der Waals surface area contributed by atoms with E-state index in [9.17, 15) is 19.5 Å². The van der Waals surface area contributed by atoms with E-state index in [4.69, 9.17) is 23.2 Å². The number of nitrogens with zero attached hydrogens (tertiary/aromatic N) is 7. The first-order valence-electron chi connectivity index (χ1n) is 9.43. The van der Waals surface area contributed by atoms with Gasteiger partial charge in [0.1, 0.15) is 19.1 Å². The number of halogens is 2. The minimum absolute atomic E-state index is 0.0813. The molecule has 1 saturated heterocycles. The molecule has 3 aromatic rings. The Labute approximate surface area is 191 Å². The minimum Gasteiger partial charge on any atom is -0.480 e. The van der Waals surface area contributed by atoms with Gasteiger partial charge in [0.05, 0.1) is 29.8 Å². The predicted molar refractivity (Wildman–Crippen MR) is 114 cm³/mol. The van der Waals surface area contributed by atoms with Gasteiger partial charge in [0.15, 0.2) is 5.15 Å². The number of anilines is 1. The van der Waals surface area contributed by atoms with Gasteiger partial charge in [-0.05, 0) is 31.2 Å². The molecule has 11 nitrogen and oxygen atoms in total. The summed E-state index contributed by atoms with van der Waals surface area (Å²) in [5.41, 5.74) is 1.47. The van der Waals surface area contributed by atoms with E-state index in [2.05, 4.69) is 15.4 Å². The van der Waals surface area contributed by atoms with Crippen LogP contribution >= 0.6 is 23.2 Å². The van der Waals surface area contributed by atoms with Gasteiger partial charge in [-0.25, -0.2) is 9.48 Å². The Morgan fingerprint density at radius 3 is 2.56 bits per heavy atom. The van der Waals surface area contributed by atoms with Crippen molar-refractivity contribution in [2.45, 2.75) is 19.5 Å². The standard InChI is InChI=1S/C19H17Cl2N7O4/c1-11-4-5-25(23-11)7-15(19(31)32)27-10-17(29)26(9-18(27)30)14-6-12(20)2-3-13(14)28-8-16(21)22-24-28/h2-6,8,15H,7,9-10H2,1H3,(H,31,32). The first kappa shape index (κ1) is 21.8. The number of carboxylic acid groups (broad SMARTS) is 1. The highest BCUT2D eigenvalue weighted by molar-refractivity contribution is 6.31. The fraction of sp³-hybridized carbons (Fsp3) is 0.263. The topological polar surface area (TPSA) is 126 Å². The number of carboxylic acids is 1. The molecule has 0 saturated carbocycles. The van der Waals surface area contributed by atoms with Crippen molar-refractivity contribution < 1.29 is 19.5 Å². The Bertz CT molecular complexity index is 1210. The lowest BCUT2D eigenvalue weighted by Gasteiger charge is -2.37. The van der Waals surface area contributed by atoms with Crippen LogP contribution in [0, 0.1) is 6.92 Å². The molecule has 2 amide bonds. The van der Waals surface area contributed by atoms with Crippen LogP contribution in [0.1, 0.15) is 5.69 Å². The van der Waals surface area contributed by atoms with Crippen LogP contribution in [-0.4, -0.2) is 71.7 Å². The highest BCUT2D eigenvalue weighted by Gasteiger charge is 2.39. The van der Waals surface area contributed by atoms with E-state index in [0.29, 0.717) is 22.1 Å². The summed E-state index contributed by atoms with van der Waals surface area (Å²) < 4.78 is 2.79. The zero-order valence-electron chi connectivity index (χ0n) is 16.7. The molecule has 0 aliphatic carbocycles. The maximum atomic E-state index is 13.0. The number of aromatic nitrogens is 5. The average Bonchev–Trinajstić information content (AvgIpc) is 3.35. The summed E-state index contributed by atoms with van der Waals surface area (Å²) in [5, 5.41) is 22.0. The Morgan fingerprint density at radius 1 is 1.16 bits per heavy atom. The fourth-order valence-electron chi connectivity index (χ4n) is 3.46. The van der Waals surface area contributed by atoms with Crippen LogP contribution in [0.3, 0.4) is 0 Å². The molecule has 0 radical (unpaired) electrons. The highest BCUT2D eigenvalue weighted by Crippen LogP contribution is 2.30. The Balaban J connectivity index is 1.62. The van der Waals surface area contributed by atoms with E-state index in [0.717, 1.165) is 4.90 Å². The number of carbonyl (C=O) groups is 3. The van der Waals surface area contributed by atoms with Crippen LogP contribution in [0.25, 0.3) is 5.69 Å². The molecule has 1 aliphatic rings. The monoisotopic (exact) mass is 477 g/mol. The molecule has 1 atom stereocenters. The molecule has 1 aliphatic heterocycles. The van der Waals surface area contributed by atoms with Crippen molar-refractivity contribution in [1.29, 1.82) is 0 Å². The summed E-state index contributed by atoms with van der Waals surface area (Å²) in [4.78, 5) is 40.2. The molecule has 1 aromatic carbocycles. The van der Waals surface area contributed by atoms with Crippen LogP contribution in [0.5, 0.6) is 0 Å². The van der Waals surface area contributed by atoms with Gasteiger partial charge in [-0.1, -0.05) is 28.4 Å². The summed E-state index contributed by atoms with van der Waals surface area (Å²) in [6, 6.07) is 5.22. The van der Waals surface area contributed by atoms with Crippen LogP contribution in [-0.2, 0) is 20.9 Å². The summed E-state index contributed by atoms with van der Waals surface area (Å²) in [6.07, 6.45) is 3.07. The highest BCUT2D eigenvalue weighted by atomic mass is 35.5. The lowest BCUT2D eigenvalue weighted by Crippen LogP contribution is -2.59. The van der Waals surface area contributed by atoms with Gasteiger partial charge in [0, 0.05) is 11.2 Å². The maximum absolute atomic E-state index is 13.0. The summed E-state index contributed by atoms with van der Waals surface area (Å²) >= 11 is 12.0. The van der Waals surface area contributed by atoms with Crippen LogP contribution in [0.4, 0.5) is 5.69 Å². The number of benzene rings is 1. The van der Waals surface area contributed by atoms with Gasteiger partial charge < -0.3 is 10.0 Å². The van der Waals surface area contributed by atoms with Gasteiger partial charge >= 0.3 is 5.97 Å². The van der Waals surface area contributed by atoms with Crippen molar-refractivity contribution in [3.63, 3.8) is 0 Å². The number of carbonyl (C=O) groups excluding carboxylic acids is 2. The minimum atomic E-state index is -1.25. The molecule has 1 fully saturated rings. The smallest absolute Gasteiger partial charge is 0.328 e. The summed E-state index contributed by atoms with van der Waals surface area (Å²) in [5.74, 6) is -2.22. The quantitative estimate of drug-likeness (QED) is 0.568. The second kappa shape index (κ2) is 8.60. The zero-order valence-corrected chi connectivity index (χ0v) is 18.2. The van der Waals surface area contributed by atoms with Gasteiger partial charge in [-0.15, -0.1) is 5.10 Å². The number of hydrogen-bond donors (Lipinski definition) is 1. The zero-order chi connectivity index (χ0) is 23.0. The normalized spacial score (nSPS) is 15.3. The van der Waals surface area contributed by atoms with E-state index in [1.165, 1.54) is 26.5 Å². The molecule has 3 heterocycles. The molecule has 0 spiro atoms. The molecule has 1 N–H and O–H groups in total. The molecule has 1 unspecified atom stereocenters. The van der Waals surface area contributed by atoms with Crippen molar-refractivity contribution in [3.8, 4) is 5.69 Å².